The first-order valence-corrected chi connectivity index (χ1v) is 9.94. The van der Waals surface area contributed by atoms with Crippen molar-refractivity contribution in [3.8, 4) is 0 Å². The van der Waals surface area contributed by atoms with Crippen molar-refractivity contribution in [1.82, 2.24) is 19.6 Å². The van der Waals surface area contributed by atoms with Crippen LogP contribution in [0.2, 0.25) is 0 Å². The van der Waals surface area contributed by atoms with Gasteiger partial charge in [-0.05, 0) is 44.7 Å². The SMILES string of the molecule is Cc1cccc(C(C)C)c1NC(=O)[C@@H](C)OC(=O)Cc1c(C)nc2ncnn2c1C. The number of hydrogen-bond acceptors (Lipinski definition) is 6. The van der Waals surface area contributed by atoms with Crippen molar-refractivity contribution >= 4 is 23.3 Å². The number of nitrogens with one attached hydrogen (secondary N) is 1. The van der Waals surface area contributed by atoms with Crippen LogP contribution in [-0.2, 0) is 20.7 Å². The summed E-state index contributed by atoms with van der Waals surface area (Å²) in [4.78, 5) is 33.6. The molecule has 0 aliphatic carbocycles. The Morgan fingerprint density at radius 3 is 2.60 bits per heavy atom. The highest BCUT2D eigenvalue weighted by molar-refractivity contribution is 5.96. The Morgan fingerprint density at radius 2 is 1.90 bits per heavy atom. The lowest BCUT2D eigenvalue weighted by Crippen LogP contribution is -2.31. The maximum atomic E-state index is 12.7. The van der Waals surface area contributed by atoms with E-state index >= 15 is 0 Å². The molecular formula is C22H27N5O3. The maximum absolute atomic E-state index is 12.7. The number of nitrogens with zero attached hydrogens (tertiary/aromatic N) is 4. The van der Waals surface area contributed by atoms with Crippen molar-refractivity contribution < 1.29 is 14.3 Å². The van der Waals surface area contributed by atoms with E-state index in [1.807, 2.05) is 39.0 Å². The number of anilines is 1. The van der Waals surface area contributed by atoms with E-state index in [4.69, 9.17) is 4.74 Å². The number of aryl methyl sites for hydroxylation is 3. The van der Waals surface area contributed by atoms with Gasteiger partial charge in [0.15, 0.2) is 6.10 Å². The molecule has 1 amide bonds. The monoisotopic (exact) mass is 409 g/mol. The van der Waals surface area contributed by atoms with Crippen molar-refractivity contribution in [2.45, 2.75) is 60.0 Å². The Bertz CT molecular complexity index is 1100. The molecule has 0 bridgehead atoms. The van der Waals surface area contributed by atoms with Gasteiger partial charge in [-0.3, -0.25) is 9.59 Å². The van der Waals surface area contributed by atoms with Crippen LogP contribution < -0.4 is 5.32 Å². The average Bonchev–Trinajstić information content (AvgIpc) is 3.14. The molecule has 0 radical (unpaired) electrons. The van der Waals surface area contributed by atoms with Gasteiger partial charge < -0.3 is 10.1 Å². The topological polar surface area (TPSA) is 98.5 Å². The van der Waals surface area contributed by atoms with Gasteiger partial charge in [0.05, 0.1) is 6.42 Å². The minimum Gasteiger partial charge on any atom is -0.452 e. The van der Waals surface area contributed by atoms with Crippen LogP contribution in [0.25, 0.3) is 5.78 Å². The van der Waals surface area contributed by atoms with E-state index in [1.165, 1.54) is 6.33 Å². The van der Waals surface area contributed by atoms with Crippen LogP contribution in [0.5, 0.6) is 0 Å². The zero-order valence-corrected chi connectivity index (χ0v) is 18.2. The Morgan fingerprint density at radius 1 is 1.17 bits per heavy atom. The number of amides is 1. The van der Waals surface area contributed by atoms with E-state index < -0.39 is 12.1 Å². The number of esters is 1. The summed E-state index contributed by atoms with van der Waals surface area (Å²) >= 11 is 0. The fourth-order valence-electron chi connectivity index (χ4n) is 3.42. The van der Waals surface area contributed by atoms with Gasteiger partial charge in [0, 0.05) is 22.6 Å². The third-order valence-electron chi connectivity index (χ3n) is 5.16. The summed E-state index contributed by atoms with van der Waals surface area (Å²) < 4.78 is 6.99. The van der Waals surface area contributed by atoms with E-state index in [0.29, 0.717) is 17.0 Å². The van der Waals surface area contributed by atoms with Crippen LogP contribution >= 0.6 is 0 Å². The van der Waals surface area contributed by atoms with Gasteiger partial charge in [-0.1, -0.05) is 32.0 Å². The molecular weight excluding hydrogens is 382 g/mol. The second-order valence-corrected chi connectivity index (χ2v) is 7.72. The molecule has 3 rings (SSSR count). The molecule has 158 valence electrons. The standard InChI is InChI=1S/C22H27N5O3/c1-12(2)17-9-7-8-13(3)20(17)26-21(29)16(6)30-19(28)10-18-14(4)25-22-23-11-24-27(22)15(18)5/h7-9,11-12,16H,10H2,1-6H3,(H,26,29)/t16-/m1/s1. The third kappa shape index (κ3) is 4.32. The molecule has 1 N–H and O–H groups in total. The quantitative estimate of drug-likeness (QED) is 0.627. The number of hydrogen-bond donors (Lipinski definition) is 1. The van der Waals surface area contributed by atoms with Gasteiger partial charge in [0.1, 0.15) is 6.33 Å². The molecule has 0 saturated heterocycles. The molecule has 0 aliphatic rings. The van der Waals surface area contributed by atoms with Crippen LogP contribution in [0.15, 0.2) is 24.5 Å². The maximum Gasteiger partial charge on any atom is 0.311 e. The zero-order valence-electron chi connectivity index (χ0n) is 18.2. The Kier molecular flexibility index (Phi) is 6.14. The third-order valence-corrected chi connectivity index (χ3v) is 5.16. The number of para-hydroxylation sites is 1. The van der Waals surface area contributed by atoms with Crippen molar-refractivity contribution in [1.29, 1.82) is 0 Å². The predicted octanol–water partition coefficient (Wildman–Crippen LogP) is 3.29. The average molecular weight is 409 g/mol. The number of fused-ring (bicyclic) bond motifs is 1. The van der Waals surface area contributed by atoms with Gasteiger partial charge in [-0.2, -0.15) is 10.1 Å². The van der Waals surface area contributed by atoms with Gasteiger partial charge >= 0.3 is 5.97 Å². The summed E-state index contributed by atoms with van der Waals surface area (Å²) in [6.45, 7) is 11.3. The number of rotatable bonds is 6. The minimum absolute atomic E-state index is 0.000302. The van der Waals surface area contributed by atoms with E-state index in [9.17, 15) is 9.59 Å². The van der Waals surface area contributed by atoms with E-state index in [1.54, 1.807) is 11.4 Å². The van der Waals surface area contributed by atoms with Crippen LogP contribution in [0.4, 0.5) is 5.69 Å². The lowest BCUT2D eigenvalue weighted by molar-refractivity contribution is -0.152. The molecule has 1 aromatic carbocycles. The highest BCUT2D eigenvalue weighted by Crippen LogP contribution is 2.27. The number of carbonyl (C=O) groups is 2. The predicted molar refractivity (Wildman–Crippen MR) is 113 cm³/mol. The fraction of sp³-hybridized carbons (Fsp3) is 0.409. The molecule has 8 heteroatoms. The Balaban J connectivity index is 1.70. The summed E-state index contributed by atoms with van der Waals surface area (Å²) in [6, 6.07) is 5.90. The Labute approximate surface area is 175 Å². The van der Waals surface area contributed by atoms with Gasteiger partial charge in [-0.25, -0.2) is 9.50 Å². The van der Waals surface area contributed by atoms with Gasteiger partial charge in [-0.15, -0.1) is 0 Å². The van der Waals surface area contributed by atoms with Gasteiger partial charge in [0.2, 0.25) is 0 Å². The van der Waals surface area contributed by atoms with Crippen molar-refractivity contribution in [2.75, 3.05) is 5.32 Å². The summed E-state index contributed by atoms with van der Waals surface area (Å²) in [5, 5.41) is 7.04. The zero-order chi connectivity index (χ0) is 22.0. The molecule has 2 heterocycles. The lowest BCUT2D eigenvalue weighted by Gasteiger charge is -2.19. The van der Waals surface area contributed by atoms with Gasteiger partial charge in [0.25, 0.3) is 11.7 Å². The molecule has 8 nitrogen and oxygen atoms in total. The smallest absolute Gasteiger partial charge is 0.311 e. The molecule has 3 aromatic rings. The summed E-state index contributed by atoms with van der Waals surface area (Å²) in [5.41, 5.74) is 4.94. The number of ether oxygens (including phenoxy) is 1. The van der Waals surface area contributed by atoms with Crippen LogP contribution in [0.3, 0.4) is 0 Å². The number of benzene rings is 1. The van der Waals surface area contributed by atoms with Crippen molar-refractivity contribution in [3.05, 3.63) is 52.6 Å². The van der Waals surface area contributed by atoms with E-state index in [-0.39, 0.29) is 18.2 Å². The van der Waals surface area contributed by atoms with E-state index in [0.717, 1.165) is 22.5 Å². The summed E-state index contributed by atoms with van der Waals surface area (Å²) in [5.74, 6) is -0.130. The molecule has 0 saturated carbocycles. The summed E-state index contributed by atoms with van der Waals surface area (Å²) in [7, 11) is 0. The van der Waals surface area contributed by atoms with E-state index in [2.05, 4.69) is 34.2 Å². The van der Waals surface area contributed by atoms with Crippen molar-refractivity contribution in [3.63, 3.8) is 0 Å². The van der Waals surface area contributed by atoms with Crippen LogP contribution in [0, 0.1) is 20.8 Å². The Hall–Kier alpha value is -3.29. The largest absolute Gasteiger partial charge is 0.452 e. The number of aromatic nitrogens is 4. The molecule has 0 aliphatic heterocycles. The second-order valence-electron chi connectivity index (χ2n) is 7.72. The number of carbonyl (C=O) groups excluding carboxylic acids is 2. The normalized spacial score (nSPS) is 12.2. The van der Waals surface area contributed by atoms with Crippen molar-refractivity contribution in [2.24, 2.45) is 0 Å². The minimum atomic E-state index is -0.930. The molecule has 0 unspecified atom stereocenters. The first-order chi connectivity index (χ1) is 14.2. The first-order valence-electron chi connectivity index (χ1n) is 9.94. The molecule has 2 aromatic heterocycles. The van der Waals surface area contributed by atoms with Crippen LogP contribution in [0.1, 0.15) is 54.8 Å². The highest BCUT2D eigenvalue weighted by Gasteiger charge is 2.22. The molecule has 0 spiro atoms. The van der Waals surface area contributed by atoms with Crippen LogP contribution in [-0.4, -0.2) is 37.6 Å². The first kappa shape index (κ1) is 21.4. The molecule has 30 heavy (non-hydrogen) atoms. The molecule has 0 fully saturated rings. The molecule has 1 atom stereocenters. The fourth-order valence-corrected chi connectivity index (χ4v) is 3.42. The summed E-state index contributed by atoms with van der Waals surface area (Å²) in [6.07, 6.45) is 0.487. The highest BCUT2D eigenvalue weighted by atomic mass is 16.5. The second kappa shape index (κ2) is 8.61. The lowest BCUT2D eigenvalue weighted by atomic mass is 9.98.